The zero-order chi connectivity index (χ0) is 18.4. The van der Waals surface area contributed by atoms with Gasteiger partial charge in [0.05, 0.1) is 4.92 Å². The zero-order valence-corrected chi connectivity index (χ0v) is 14.5. The van der Waals surface area contributed by atoms with E-state index >= 15 is 0 Å². The lowest BCUT2D eigenvalue weighted by Crippen LogP contribution is -2.31. The Bertz CT molecular complexity index is 793. The van der Waals surface area contributed by atoms with E-state index < -0.39 is 7.25 Å². The lowest BCUT2D eigenvalue weighted by atomic mass is 10.2. The van der Waals surface area contributed by atoms with Crippen molar-refractivity contribution in [3.8, 4) is 10.6 Å². The molecule has 0 amide bonds. The number of nitro groups is 1. The fourth-order valence-corrected chi connectivity index (χ4v) is 4.31. The number of benzene rings is 1. The molecule has 1 aromatic heterocycles. The molecular weight excluding hydrogens is 381 g/mol. The van der Waals surface area contributed by atoms with Gasteiger partial charge in [-0.1, -0.05) is 12.1 Å². The first-order valence-electron chi connectivity index (χ1n) is 7.41. The summed E-state index contributed by atoms with van der Waals surface area (Å²) >= 11 is 3.11. The second-order valence-electron chi connectivity index (χ2n) is 5.21. The van der Waals surface area contributed by atoms with E-state index in [9.17, 15) is 27.4 Å². The first-order chi connectivity index (χ1) is 11.7. The van der Waals surface area contributed by atoms with Crippen molar-refractivity contribution < 1.29 is 22.2 Å². The summed E-state index contributed by atoms with van der Waals surface area (Å²) in [6.45, 7) is 2.18. The standard InChI is InChI=1S/C13H14N3O2S2.BF4/c17-16(18)11-6-4-5-10(9-11)12-14-20-13(19-12)15-7-2-1-3-8-15;2-1(3,4)5/h4-6,9H,1-3,7-8H2;/q+1;-1. The summed E-state index contributed by atoms with van der Waals surface area (Å²) in [5, 5.41) is 11.7. The maximum Gasteiger partial charge on any atom is 0.673 e. The third-order valence-electron chi connectivity index (χ3n) is 3.31. The van der Waals surface area contributed by atoms with Gasteiger partial charge >= 0.3 is 11.2 Å². The molecule has 2 heterocycles. The fourth-order valence-electron chi connectivity index (χ4n) is 2.26. The third-order valence-corrected chi connectivity index (χ3v) is 5.54. The molecule has 1 aromatic carbocycles. The molecule has 0 radical (unpaired) electrons. The Balaban J connectivity index is 0.000000399. The van der Waals surface area contributed by atoms with Gasteiger partial charge in [-0.3, -0.25) is 10.1 Å². The molecule has 5 nitrogen and oxygen atoms in total. The molecule has 1 aliphatic heterocycles. The van der Waals surface area contributed by atoms with E-state index in [4.69, 9.17) is 0 Å². The minimum absolute atomic E-state index is 0.113. The highest BCUT2D eigenvalue weighted by Crippen LogP contribution is 2.24. The maximum atomic E-state index is 10.8. The van der Waals surface area contributed by atoms with Crippen molar-refractivity contribution in [2.45, 2.75) is 19.3 Å². The van der Waals surface area contributed by atoms with Crippen molar-refractivity contribution in [2.24, 2.45) is 0 Å². The molecule has 0 spiro atoms. The molecular formula is C13H14BF4N3O2S2. The van der Waals surface area contributed by atoms with Gasteiger partial charge in [-0.05, 0) is 17.8 Å². The van der Waals surface area contributed by atoms with Crippen LogP contribution in [0.3, 0.4) is 0 Å². The van der Waals surface area contributed by atoms with Crippen LogP contribution in [0.4, 0.5) is 23.0 Å². The minimum Gasteiger partial charge on any atom is -0.418 e. The largest absolute Gasteiger partial charge is 0.673 e. The van der Waals surface area contributed by atoms with Crippen LogP contribution in [-0.2, 0) is 0 Å². The van der Waals surface area contributed by atoms with Gasteiger partial charge < -0.3 is 17.3 Å². The molecule has 136 valence electrons. The Labute approximate surface area is 148 Å². The number of piperidine rings is 1. The Morgan fingerprint density at radius 1 is 1.16 bits per heavy atom. The molecule has 0 atom stereocenters. The molecule has 0 unspecified atom stereocenters. The molecule has 12 heteroatoms. The predicted molar refractivity (Wildman–Crippen MR) is 91.1 cm³/mol. The summed E-state index contributed by atoms with van der Waals surface area (Å²) < 4.78 is 47.0. The first-order valence-corrected chi connectivity index (χ1v) is 9.00. The highest BCUT2D eigenvalue weighted by molar-refractivity contribution is 7.25. The van der Waals surface area contributed by atoms with E-state index in [0.717, 1.165) is 23.7 Å². The van der Waals surface area contributed by atoms with Crippen molar-refractivity contribution in [1.29, 1.82) is 0 Å². The lowest BCUT2D eigenvalue weighted by Gasteiger charge is -2.06. The van der Waals surface area contributed by atoms with E-state index in [1.807, 2.05) is 6.07 Å². The monoisotopic (exact) mass is 395 g/mol. The van der Waals surface area contributed by atoms with Crippen molar-refractivity contribution >= 4 is 35.8 Å². The Morgan fingerprint density at radius 2 is 1.80 bits per heavy atom. The summed E-state index contributed by atoms with van der Waals surface area (Å²) in [4.78, 5) is 10.5. The van der Waals surface area contributed by atoms with Crippen molar-refractivity contribution in [3.05, 3.63) is 38.4 Å². The molecule has 1 saturated heterocycles. The lowest BCUT2D eigenvalue weighted by molar-refractivity contribution is -0.384. The molecule has 1 fully saturated rings. The van der Waals surface area contributed by atoms with Gasteiger partial charge in [-0.15, -0.1) is 0 Å². The minimum atomic E-state index is -6.00. The number of hydrogen-bond donors (Lipinski definition) is 0. The molecule has 3 rings (SSSR count). The second kappa shape index (κ2) is 8.52. The Kier molecular flexibility index (Phi) is 6.65. The number of nitrogens with zero attached hydrogens (tertiary/aromatic N) is 3. The van der Waals surface area contributed by atoms with Gasteiger partial charge in [0, 0.05) is 42.1 Å². The van der Waals surface area contributed by atoms with Gasteiger partial charge in [0.2, 0.25) is 0 Å². The molecule has 0 bridgehead atoms. The number of halogens is 4. The maximum absolute atomic E-state index is 10.8. The normalized spacial score (nSPS) is 14.6. The highest BCUT2D eigenvalue weighted by atomic mass is 32.2. The van der Waals surface area contributed by atoms with Gasteiger partial charge in [0.1, 0.15) is 18.1 Å². The van der Waals surface area contributed by atoms with Crippen LogP contribution in [0.15, 0.2) is 24.3 Å². The molecule has 0 aliphatic carbocycles. The van der Waals surface area contributed by atoms with Crippen LogP contribution in [-0.4, -0.2) is 29.6 Å². The van der Waals surface area contributed by atoms with Gasteiger partial charge in [0.25, 0.3) is 5.69 Å². The predicted octanol–water partition coefficient (Wildman–Crippen LogP) is 4.04. The van der Waals surface area contributed by atoms with Gasteiger partial charge in [-0.25, -0.2) is 4.58 Å². The van der Waals surface area contributed by atoms with Crippen LogP contribution in [0.25, 0.3) is 10.6 Å². The van der Waals surface area contributed by atoms with Crippen LogP contribution in [0.1, 0.15) is 19.3 Å². The van der Waals surface area contributed by atoms with Crippen molar-refractivity contribution in [3.63, 3.8) is 0 Å². The highest BCUT2D eigenvalue weighted by Gasteiger charge is 2.20. The van der Waals surface area contributed by atoms with Crippen molar-refractivity contribution in [1.82, 2.24) is 8.95 Å². The molecule has 0 saturated carbocycles. The van der Waals surface area contributed by atoms with Crippen LogP contribution in [0.5, 0.6) is 0 Å². The average molecular weight is 395 g/mol. The van der Waals surface area contributed by atoms with Crippen molar-refractivity contribution in [2.75, 3.05) is 13.1 Å². The second-order valence-corrected chi connectivity index (χ2v) is 7.19. The van der Waals surface area contributed by atoms with Crippen LogP contribution in [0, 0.1) is 10.1 Å². The van der Waals surface area contributed by atoms with E-state index in [-0.39, 0.29) is 10.6 Å². The number of nitro benzene ring substituents is 1. The number of hydrogen-bond acceptors (Lipinski definition) is 5. The number of aromatic nitrogens is 1. The molecule has 1 aliphatic rings. The summed E-state index contributed by atoms with van der Waals surface area (Å²) in [6, 6.07) is 6.68. The summed E-state index contributed by atoms with van der Waals surface area (Å²) in [5.74, 6) is 0. The Morgan fingerprint density at radius 3 is 2.40 bits per heavy atom. The topological polar surface area (TPSA) is 59.0 Å². The van der Waals surface area contributed by atoms with Crippen LogP contribution < -0.4 is 8.56 Å². The molecule has 25 heavy (non-hydrogen) atoms. The van der Waals surface area contributed by atoms with Gasteiger partial charge in [-0.2, -0.15) is 4.37 Å². The summed E-state index contributed by atoms with van der Waals surface area (Å²) in [6.07, 6.45) is 3.77. The van der Waals surface area contributed by atoms with Gasteiger partial charge in [0.15, 0.2) is 0 Å². The average Bonchev–Trinajstić information content (AvgIpc) is 3.04. The number of non-ortho nitro benzene ring substituents is 1. The van der Waals surface area contributed by atoms with E-state index in [2.05, 4.69) is 8.95 Å². The molecule has 0 N–H and O–H groups in total. The SMILES string of the molecule is F[B-](F)(F)F.O=[N+]([O-])c1cccc(-c2nsc(=[N+]3CCCCC3)s2)c1. The smallest absolute Gasteiger partial charge is 0.418 e. The quantitative estimate of drug-likeness (QED) is 0.254. The zero-order valence-electron chi connectivity index (χ0n) is 12.9. The van der Waals surface area contributed by atoms with E-state index in [1.165, 1.54) is 40.8 Å². The van der Waals surface area contributed by atoms with Crippen LogP contribution >= 0.6 is 22.9 Å². The third kappa shape index (κ3) is 6.54. The van der Waals surface area contributed by atoms with E-state index in [1.54, 1.807) is 23.5 Å². The number of rotatable bonds is 2. The summed E-state index contributed by atoms with van der Waals surface area (Å²) in [5.41, 5.74) is 0.936. The van der Waals surface area contributed by atoms with E-state index in [0.29, 0.717) is 0 Å². The summed E-state index contributed by atoms with van der Waals surface area (Å²) in [7, 11) is -6.00. The fraction of sp³-hybridized carbons (Fsp3) is 0.385. The molecule has 2 aromatic rings. The van der Waals surface area contributed by atoms with Crippen LogP contribution in [0.2, 0.25) is 0 Å². The first kappa shape index (κ1) is 19.5. The Hall–Kier alpha value is -1.82.